The normalized spacial score (nSPS) is 10.4. The highest BCUT2D eigenvalue weighted by Crippen LogP contribution is 2.18. The average Bonchev–Trinajstić information content (AvgIpc) is 2.77. The molecule has 5 N–H and O–H groups in total. The summed E-state index contributed by atoms with van der Waals surface area (Å²) in [4.78, 5) is 11.3. The maximum Gasteiger partial charge on any atom is 0.250 e. The predicted octanol–water partition coefficient (Wildman–Crippen LogP) is 0.756. The number of hydrogen-bond donors (Lipinski definition) is 3. The molecule has 0 spiro atoms. The van der Waals surface area contributed by atoms with Crippen LogP contribution < -0.4 is 16.8 Å². The maximum absolute atomic E-state index is 11.3. The zero-order valence-electron chi connectivity index (χ0n) is 10.8. The third kappa shape index (κ3) is 3.04. The van der Waals surface area contributed by atoms with Gasteiger partial charge in [0.2, 0.25) is 0 Å². The van der Waals surface area contributed by atoms with E-state index in [9.17, 15) is 4.79 Å². The number of carbonyl (C=O) groups is 1. The van der Waals surface area contributed by atoms with Crippen molar-refractivity contribution >= 4 is 17.3 Å². The number of anilines is 2. The summed E-state index contributed by atoms with van der Waals surface area (Å²) in [7, 11) is 1.90. The molecule has 6 heteroatoms. The lowest BCUT2D eigenvalue weighted by molar-refractivity contribution is 0.100. The smallest absolute Gasteiger partial charge is 0.250 e. The predicted molar refractivity (Wildman–Crippen MR) is 74.8 cm³/mol. The number of rotatable bonds is 5. The summed E-state index contributed by atoms with van der Waals surface area (Å²) in [5.41, 5.74) is 13.7. The first-order chi connectivity index (χ1) is 9.08. The number of nitrogens with zero attached hydrogens (tertiary/aromatic N) is 2. The molecule has 0 aliphatic heterocycles. The molecule has 2 rings (SSSR count). The number of benzene rings is 1. The van der Waals surface area contributed by atoms with E-state index in [4.69, 9.17) is 11.5 Å². The van der Waals surface area contributed by atoms with Crippen molar-refractivity contribution in [3.05, 3.63) is 41.7 Å². The van der Waals surface area contributed by atoms with Crippen LogP contribution in [0.5, 0.6) is 0 Å². The van der Waals surface area contributed by atoms with Gasteiger partial charge in [0.1, 0.15) is 0 Å². The third-order valence-electron chi connectivity index (χ3n) is 2.93. The fourth-order valence-corrected chi connectivity index (χ4v) is 1.89. The molecule has 1 aromatic carbocycles. The van der Waals surface area contributed by atoms with Crippen LogP contribution in [-0.2, 0) is 13.5 Å². The van der Waals surface area contributed by atoms with Gasteiger partial charge in [-0.2, -0.15) is 5.10 Å². The van der Waals surface area contributed by atoms with E-state index in [1.165, 1.54) is 0 Å². The standard InChI is InChI=1S/C13H17N5O/c1-18-10(5-7-17-18)4-6-16-12-3-2-9(14)8-11(12)13(15)19/h2-3,5,7-8,16H,4,6,14H2,1H3,(H2,15,19). The number of aromatic nitrogens is 2. The molecule has 0 aliphatic rings. The first kappa shape index (κ1) is 12.9. The quantitative estimate of drug-likeness (QED) is 0.690. The number of aryl methyl sites for hydroxylation is 1. The van der Waals surface area contributed by atoms with Crippen LogP contribution in [-0.4, -0.2) is 22.2 Å². The molecule has 1 heterocycles. The Morgan fingerprint density at radius 3 is 2.84 bits per heavy atom. The molecule has 1 amide bonds. The van der Waals surface area contributed by atoms with Crippen molar-refractivity contribution in [2.24, 2.45) is 12.8 Å². The summed E-state index contributed by atoms with van der Waals surface area (Å²) in [6.07, 6.45) is 2.56. The van der Waals surface area contributed by atoms with Crippen LogP contribution in [0.4, 0.5) is 11.4 Å². The Morgan fingerprint density at radius 2 is 2.21 bits per heavy atom. The van der Waals surface area contributed by atoms with Gasteiger partial charge in [-0.3, -0.25) is 9.48 Å². The minimum Gasteiger partial charge on any atom is -0.399 e. The van der Waals surface area contributed by atoms with Crippen molar-refractivity contribution in [1.82, 2.24) is 9.78 Å². The molecule has 0 saturated heterocycles. The summed E-state index contributed by atoms with van der Waals surface area (Å²) in [5, 5.41) is 7.29. The Bertz CT molecular complexity index is 590. The van der Waals surface area contributed by atoms with Crippen molar-refractivity contribution in [3.63, 3.8) is 0 Å². The Balaban J connectivity index is 2.03. The van der Waals surface area contributed by atoms with E-state index in [1.807, 2.05) is 17.8 Å². The molecular formula is C13H17N5O. The van der Waals surface area contributed by atoms with E-state index < -0.39 is 5.91 Å². The zero-order chi connectivity index (χ0) is 13.8. The highest BCUT2D eigenvalue weighted by atomic mass is 16.1. The highest BCUT2D eigenvalue weighted by molar-refractivity contribution is 5.99. The first-order valence-corrected chi connectivity index (χ1v) is 5.98. The summed E-state index contributed by atoms with van der Waals surface area (Å²) >= 11 is 0. The monoisotopic (exact) mass is 259 g/mol. The Morgan fingerprint density at radius 1 is 1.42 bits per heavy atom. The average molecular weight is 259 g/mol. The van der Waals surface area contributed by atoms with Gasteiger partial charge in [0.15, 0.2) is 0 Å². The molecule has 0 radical (unpaired) electrons. The van der Waals surface area contributed by atoms with Gasteiger partial charge in [-0.25, -0.2) is 0 Å². The van der Waals surface area contributed by atoms with Gasteiger partial charge in [0, 0.05) is 43.3 Å². The summed E-state index contributed by atoms with van der Waals surface area (Å²) in [6, 6.07) is 7.03. The van der Waals surface area contributed by atoms with E-state index in [0.717, 1.165) is 12.1 Å². The number of carbonyl (C=O) groups excluding carboxylic acids is 1. The second kappa shape index (κ2) is 5.43. The van der Waals surface area contributed by atoms with E-state index in [0.29, 0.717) is 23.5 Å². The van der Waals surface area contributed by atoms with E-state index in [1.54, 1.807) is 24.4 Å². The number of primary amides is 1. The molecule has 0 atom stereocenters. The Kier molecular flexibility index (Phi) is 3.70. The summed E-state index contributed by atoms with van der Waals surface area (Å²) < 4.78 is 1.82. The molecule has 2 aromatic rings. The number of amides is 1. The fourth-order valence-electron chi connectivity index (χ4n) is 1.89. The van der Waals surface area contributed by atoms with Gasteiger partial charge in [0.25, 0.3) is 5.91 Å². The molecule has 19 heavy (non-hydrogen) atoms. The molecule has 0 bridgehead atoms. The minimum absolute atomic E-state index is 0.407. The maximum atomic E-state index is 11.3. The molecule has 6 nitrogen and oxygen atoms in total. The zero-order valence-corrected chi connectivity index (χ0v) is 10.8. The van der Waals surface area contributed by atoms with E-state index >= 15 is 0 Å². The Labute approximate surface area is 111 Å². The second-order valence-electron chi connectivity index (χ2n) is 4.29. The van der Waals surface area contributed by atoms with Gasteiger partial charge in [-0.1, -0.05) is 0 Å². The largest absolute Gasteiger partial charge is 0.399 e. The van der Waals surface area contributed by atoms with Crippen molar-refractivity contribution in [1.29, 1.82) is 0 Å². The number of nitrogens with one attached hydrogen (secondary N) is 1. The van der Waals surface area contributed by atoms with Gasteiger partial charge < -0.3 is 16.8 Å². The van der Waals surface area contributed by atoms with E-state index in [-0.39, 0.29) is 0 Å². The van der Waals surface area contributed by atoms with Crippen LogP contribution in [0.25, 0.3) is 0 Å². The molecule has 0 saturated carbocycles. The van der Waals surface area contributed by atoms with Crippen LogP contribution in [0.3, 0.4) is 0 Å². The molecule has 0 fully saturated rings. The summed E-state index contributed by atoms with van der Waals surface area (Å²) in [5.74, 6) is -0.490. The lowest BCUT2D eigenvalue weighted by Gasteiger charge is -2.10. The minimum atomic E-state index is -0.490. The van der Waals surface area contributed by atoms with Crippen molar-refractivity contribution in [3.8, 4) is 0 Å². The first-order valence-electron chi connectivity index (χ1n) is 5.98. The lowest BCUT2D eigenvalue weighted by Crippen LogP contribution is -2.16. The lowest BCUT2D eigenvalue weighted by atomic mass is 10.1. The van der Waals surface area contributed by atoms with Crippen molar-refractivity contribution < 1.29 is 4.79 Å². The second-order valence-corrected chi connectivity index (χ2v) is 4.29. The molecule has 0 unspecified atom stereocenters. The number of nitrogen functional groups attached to an aromatic ring is 1. The van der Waals surface area contributed by atoms with Crippen molar-refractivity contribution in [2.45, 2.75) is 6.42 Å². The summed E-state index contributed by atoms with van der Waals surface area (Å²) in [6.45, 7) is 0.684. The van der Waals surface area contributed by atoms with Gasteiger partial charge in [-0.15, -0.1) is 0 Å². The molecule has 100 valence electrons. The van der Waals surface area contributed by atoms with Gasteiger partial charge >= 0.3 is 0 Å². The highest BCUT2D eigenvalue weighted by Gasteiger charge is 2.08. The van der Waals surface area contributed by atoms with Gasteiger partial charge in [0.05, 0.1) is 5.56 Å². The van der Waals surface area contributed by atoms with E-state index in [2.05, 4.69) is 10.4 Å². The Hall–Kier alpha value is -2.50. The number of hydrogen-bond acceptors (Lipinski definition) is 4. The molecular weight excluding hydrogens is 242 g/mol. The third-order valence-corrected chi connectivity index (χ3v) is 2.93. The molecule has 1 aromatic heterocycles. The van der Waals surface area contributed by atoms with Crippen LogP contribution >= 0.6 is 0 Å². The van der Waals surface area contributed by atoms with Crippen LogP contribution in [0.2, 0.25) is 0 Å². The topological polar surface area (TPSA) is 99.0 Å². The van der Waals surface area contributed by atoms with Crippen LogP contribution in [0.15, 0.2) is 30.5 Å². The molecule has 0 aliphatic carbocycles. The van der Waals surface area contributed by atoms with Crippen LogP contribution in [0, 0.1) is 0 Å². The number of nitrogens with two attached hydrogens (primary N) is 2. The van der Waals surface area contributed by atoms with Gasteiger partial charge in [-0.05, 0) is 24.3 Å². The van der Waals surface area contributed by atoms with Crippen molar-refractivity contribution in [2.75, 3.05) is 17.6 Å². The van der Waals surface area contributed by atoms with Crippen LogP contribution in [0.1, 0.15) is 16.1 Å². The fraction of sp³-hybridized carbons (Fsp3) is 0.231. The SMILES string of the molecule is Cn1nccc1CCNc1ccc(N)cc1C(N)=O.